The lowest BCUT2D eigenvalue weighted by Crippen LogP contribution is -2.35. The molecule has 0 heterocycles. The van der Waals surface area contributed by atoms with Gasteiger partial charge in [0.2, 0.25) is 5.91 Å². The van der Waals surface area contributed by atoms with Gasteiger partial charge in [0.25, 0.3) is 0 Å². The predicted molar refractivity (Wildman–Crippen MR) is 66.1 cm³/mol. The Morgan fingerprint density at radius 1 is 1.41 bits per heavy atom. The molecule has 1 aromatic rings. The second kappa shape index (κ2) is 7.42. The van der Waals surface area contributed by atoms with Crippen molar-refractivity contribution in [2.75, 3.05) is 13.1 Å². The number of nitrogens with zero attached hydrogens (tertiary/aromatic N) is 1. The average Bonchev–Trinajstić information content (AvgIpc) is 2.37. The molecule has 1 atom stereocenters. The van der Waals surface area contributed by atoms with Crippen LogP contribution in [0.2, 0.25) is 0 Å². The summed E-state index contributed by atoms with van der Waals surface area (Å²) >= 11 is 0. The number of hydrogen-bond donors (Lipinski definition) is 2. The molecule has 4 nitrogen and oxygen atoms in total. The zero-order valence-electron chi connectivity index (χ0n) is 9.94. The predicted octanol–water partition coefficient (Wildman–Crippen LogP) is 1.37. The number of nitrogens with one attached hydrogen (secondary N) is 2. The van der Waals surface area contributed by atoms with Crippen molar-refractivity contribution in [1.82, 2.24) is 10.6 Å². The van der Waals surface area contributed by atoms with Crippen LogP contribution in [0.25, 0.3) is 0 Å². The van der Waals surface area contributed by atoms with Crippen LogP contribution in [0.5, 0.6) is 0 Å². The van der Waals surface area contributed by atoms with Crippen LogP contribution in [0, 0.1) is 11.3 Å². The standard InChI is InChI=1S/C13H17N3O/c1-11(12-6-3-2-4-7-12)16-10-13(17)15-9-5-8-14/h2-4,6-7,11,16H,5,9-10H2,1H3,(H,15,17)/t11-/m0/s1. The van der Waals surface area contributed by atoms with Crippen LogP contribution in [0.15, 0.2) is 30.3 Å². The second-order valence-corrected chi connectivity index (χ2v) is 3.77. The maximum atomic E-state index is 11.4. The lowest BCUT2D eigenvalue weighted by Gasteiger charge is -2.13. The Hall–Kier alpha value is -1.86. The van der Waals surface area contributed by atoms with Gasteiger partial charge in [-0.15, -0.1) is 0 Å². The van der Waals surface area contributed by atoms with E-state index in [1.165, 1.54) is 0 Å². The highest BCUT2D eigenvalue weighted by Gasteiger charge is 2.06. The average molecular weight is 231 g/mol. The number of benzene rings is 1. The highest BCUT2D eigenvalue weighted by Crippen LogP contribution is 2.10. The van der Waals surface area contributed by atoms with Crippen molar-refractivity contribution in [3.05, 3.63) is 35.9 Å². The summed E-state index contributed by atoms with van der Waals surface area (Å²) in [6.45, 7) is 2.69. The molecule has 4 heteroatoms. The van der Waals surface area contributed by atoms with Gasteiger partial charge in [-0.1, -0.05) is 30.3 Å². The van der Waals surface area contributed by atoms with Crippen molar-refractivity contribution in [2.45, 2.75) is 19.4 Å². The topological polar surface area (TPSA) is 64.9 Å². The number of carbonyl (C=O) groups excluding carboxylic acids is 1. The first-order valence-electron chi connectivity index (χ1n) is 5.66. The summed E-state index contributed by atoms with van der Waals surface area (Å²) in [5.41, 5.74) is 1.15. The fourth-order valence-corrected chi connectivity index (χ4v) is 1.43. The van der Waals surface area contributed by atoms with E-state index in [1.54, 1.807) is 0 Å². The quantitative estimate of drug-likeness (QED) is 0.727. The van der Waals surface area contributed by atoms with Gasteiger partial charge in [-0.25, -0.2) is 0 Å². The molecule has 0 saturated carbocycles. The summed E-state index contributed by atoms with van der Waals surface area (Å²) in [4.78, 5) is 11.4. The van der Waals surface area contributed by atoms with Crippen molar-refractivity contribution in [3.8, 4) is 6.07 Å². The lowest BCUT2D eigenvalue weighted by molar-refractivity contribution is -0.120. The van der Waals surface area contributed by atoms with Crippen molar-refractivity contribution in [1.29, 1.82) is 5.26 Å². The van der Waals surface area contributed by atoms with E-state index in [0.29, 0.717) is 13.0 Å². The number of hydrogen-bond acceptors (Lipinski definition) is 3. The van der Waals surface area contributed by atoms with Crippen LogP contribution in [0.4, 0.5) is 0 Å². The molecule has 90 valence electrons. The third-order valence-corrected chi connectivity index (χ3v) is 2.43. The van der Waals surface area contributed by atoms with E-state index >= 15 is 0 Å². The van der Waals surface area contributed by atoms with Crippen LogP contribution in [0.1, 0.15) is 24.9 Å². The van der Waals surface area contributed by atoms with Crippen molar-refractivity contribution < 1.29 is 4.79 Å². The van der Waals surface area contributed by atoms with Gasteiger partial charge in [0.1, 0.15) is 0 Å². The molecular weight excluding hydrogens is 214 g/mol. The third-order valence-electron chi connectivity index (χ3n) is 2.43. The van der Waals surface area contributed by atoms with Gasteiger partial charge in [-0.2, -0.15) is 5.26 Å². The smallest absolute Gasteiger partial charge is 0.234 e. The molecule has 1 amide bonds. The van der Waals surface area contributed by atoms with E-state index in [0.717, 1.165) is 5.56 Å². The van der Waals surface area contributed by atoms with E-state index in [2.05, 4.69) is 10.6 Å². The van der Waals surface area contributed by atoms with E-state index in [4.69, 9.17) is 5.26 Å². The summed E-state index contributed by atoms with van der Waals surface area (Å²) in [6.07, 6.45) is 0.347. The first-order chi connectivity index (χ1) is 8.24. The van der Waals surface area contributed by atoms with Gasteiger partial charge < -0.3 is 10.6 Å². The van der Waals surface area contributed by atoms with Gasteiger partial charge in [0.15, 0.2) is 0 Å². The Morgan fingerprint density at radius 2 is 2.12 bits per heavy atom. The van der Waals surface area contributed by atoms with E-state index in [-0.39, 0.29) is 18.5 Å². The fraction of sp³-hybridized carbons (Fsp3) is 0.385. The van der Waals surface area contributed by atoms with Crippen LogP contribution in [-0.2, 0) is 4.79 Å². The molecule has 0 fully saturated rings. The molecule has 0 aliphatic heterocycles. The van der Waals surface area contributed by atoms with Gasteiger partial charge in [0, 0.05) is 12.6 Å². The molecule has 1 aromatic carbocycles. The fourth-order valence-electron chi connectivity index (χ4n) is 1.43. The molecule has 0 unspecified atom stereocenters. The molecule has 1 rings (SSSR count). The Bertz CT molecular complexity index is 383. The number of rotatable bonds is 6. The van der Waals surface area contributed by atoms with Gasteiger partial charge in [-0.3, -0.25) is 4.79 Å². The van der Waals surface area contributed by atoms with E-state index < -0.39 is 0 Å². The van der Waals surface area contributed by atoms with Crippen molar-refractivity contribution in [2.24, 2.45) is 0 Å². The highest BCUT2D eigenvalue weighted by molar-refractivity contribution is 5.78. The summed E-state index contributed by atoms with van der Waals surface area (Å²) in [5, 5.41) is 14.1. The third kappa shape index (κ3) is 5.14. The largest absolute Gasteiger partial charge is 0.354 e. The Labute approximate surface area is 102 Å². The van der Waals surface area contributed by atoms with E-state index in [1.807, 2.05) is 43.3 Å². The molecule has 0 aliphatic rings. The minimum atomic E-state index is -0.0805. The SMILES string of the molecule is C[C@H](NCC(=O)NCCC#N)c1ccccc1. The van der Waals surface area contributed by atoms with Crippen LogP contribution < -0.4 is 10.6 Å². The summed E-state index contributed by atoms with van der Waals surface area (Å²) in [7, 11) is 0. The summed E-state index contributed by atoms with van der Waals surface area (Å²) < 4.78 is 0. The molecular formula is C13H17N3O. The van der Waals surface area contributed by atoms with Crippen molar-refractivity contribution in [3.63, 3.8) is 0 Å². The maximum absolute atomic E-state index is 11.4. The van der Waals surface area contributed by atoms with Gasteiger partial charge in [-0.05, 0) is 12.5 Å². The molecule has 0 spiro atoms. The normalized spacial score (nSPS) is 11.5. The summed E-state index contributed by atoms with van der Waals surface area (Å²) in [5.74, 6) is -0.0805. The lowest BCUT2D eigenvalue weighted by atomic mass is 10.1. The Balaban J connectivity index is 2.27. The first-order valence-corrected chi connectivity index (χ1v) is 5.66. The minimum absolute atomic E-state index is 0.0805. The molecule has 17 heavy (non-hydrogen) atoms. The van der Waals surface area contributed by atoms with Crippen molar-refractivity contribution >= 4 is 5.91 Å². The molecule has 0 radical (unpaired) electrons. The minimum Gasteiger partial charge on any atom is -0.354 e. The number of carbonyl (C=O) groups is 1. The zero-order chi connectivity index (χ0) is 12.5. The van der Waals surface area contributed by atoms with Gasteiger partial charge >= 0.3 is 0 Å². The maximum Gasteiger partial charge on any atom is 0.234 e. The molecule has 0 saturated heterocycles. The van der Waals surface area contributed by atoms with Crippen LogP contribution in [-0.4, -0.2) is 19.0 Å². The second-order valence-electron chi connectivity index (χ2n) is 3.77. The Morgan fingerprint density at radius 3 is 2.76 bits per heavy atom. The van der Waals surface area contributed by atoms with Crippen LogP contribution in [0.3, 0.4) is 0 Å². The first kappa shape index (κ1) is 13.2. The molecule has 2 N–H and O–H groups in total. The molecule has 0 aromatic heterocycles. The zero-order valence-corrected chi connectivity index (χ0v) is 9.94. The number of nitriles is 1. The Kier molecular flexibility index (Phi) is 5.76. The summed E-state index contributed by atoms with van der Waals surface area (Å²) in [6, 6.07) is 12.1. The van der Waals surface area contributed by atoms with Crippen LogP contribution >= 0.6 is 0 Å². The van der Waals surface area contributed by atoms with E-state index in [9.17, 15) is 4.79 Å². The highest BCUT2D eigenvalue weighted by atomic mass is 16.1. The molecule has 0 bridgehead atoms. The number of amides is 1. The van der Waals surface area contributed by atoms with Gasteiger partial charge in [0.05, 0.1) is 19.0 Å². The monoisotopic (exact) mass is 231 g/mol. The molecule has 0 aliphatic carbocycles.